The molecule has 0 aromatic rings. The van der Waals surface area contributed by atoms with Gasteiger partial charge in [-0.25, -0.2) is 0 Å². The van der Waals surface area contributed by atoms with Gasteiger partial charge in [-0.15, -0.1) is 0 Å². The molecule has 1 N–H and O–H groups in total. The van der Waals surface area contributed by atoms with Crippen molar-refractivity contribution >= 4 is 11.8 Å². The molecular formula is C21H34OS. The smallest absolute Gasteiger partial charge is 0.0675 e. The van der Waals surface area contributed by atoms with Crippen LogP contribution in [0.25, 0.3) is 0 Å². The van der Waals surface area contributed by atoms with Gasteiger partial charge in [-0.1, -0.05) is 13.8 Å². The lowest BCUT2D eigenvalue weighted by Gasteiger charge is -2.61. The molecule has 23 heavy (non-hydrogen) atoms. The molecule has 0 radical (unpaired) electrons. The number of thioether (sulfide) groups is 1. The van der Waals surface area contributed by atoms with Gasteiger partial charge >= 0.3 is 0 Å². The third-order valence-corrected chi connectivity index (χ3v) is 11.4. The van der Waals surface area contributed by atoms with Crippen LogP contribution in [0.4, 0.5) is 0 Å². The van der Waals surface area contributed by atoms with Crippen LogP contribution in [0.5, 0.6) is 0 Å². The van der Waals surface area contributed by atoms with E-state index >= 15 is 0 Å². The van der Waals surface area contributed by atoms with Gasteiger partial charge in [0, 0.05) is 10.5 Å². The summed E-state index contributed by atoms with van der Waals surface area (Å²) in [5, 5.41) is 11.0. The zero-order valence-corrected chi connectivity index (χ0v) is 16.1. The van der Waals surface area contributed by atoms with Crippen LogP contribution in [0.1, 0.15) is 78.6 Å². The number of hydrogen-bond donors (Lipinski definition) is 1. The van der Waals surface area contributed by atoms with E-state index in [-0.39, 0.29) is 5.41 Å². The Bertz CT molecular complexity index is 524. The van der Waals surface area contributed by atoms with E-state index in [1.54, 1.807) is 0 Å². The summed E-state index contributed by atoms with van der Waals surface area (Å²) in [5.41, 5.74) is 0.397. The van der Waals surface area contributed by atoms with Gasteiger partial charge in [-0.05, 0) is 99.2 Å². The van der Waals surface area contributed by atoms with Crippen molar-refractivity contribution in [1.29, 1.82) is 0 Å². The monoisotopic (exact) mass is 334 g/mol. The van der Waals surface area contributed by atoms with Crippen molar-refractivity contribution in [2.75, 3.05) is 5.75 Å². The highest BCUT2D eigenvalue weighted by Crippen LogP contribution is 2.71. The predicted molar refractivity (Wildman–Crippen MR) is 97.5 cm³/mol. The van der Waals surface area contributed by atoms with Crippen molar-refractivity contribution in [3.05, 3.63) is 0 Å². The van der Waals surface area contributed by atoms with Gasteiger partial charge in [0.05, 0.1) is 5.60 Å². The minimum atomic E-state index is -0.415. The Morgan fingerprint density at radius 1 is 0.870 bits per heavy atom. The van der Waals surface area contributed by atoms with E-state index in [1.807, 2.05) is 0 Å². The first-order valence-corrected chi connectivity index (χ1v) is 11.1. The van der Waals surface area contributed by atoms with Gasteiger partial charge in [-0.3, -0.25) is 0 Å². The van der Waals surface area contributed by atoms with Crippen LogP contribution in [-0.2, 0) is 0 Å². The number of hydrogen-bond acceptors (Lipinski definition) is 2. The van der Waals surface area contributed by atoms with E-state index in [0.29, 0.717) is 5.41 Å². The summed E-state index contributed by atoms with van der Waals surface area (Å²) in [6, 6.07) is 0. The van der Waals surface area contributed by atoms with Gasteiger partial charge in [0.1, 0.15) is 0 Å². The molecule has 4 saturated carbocycles. The second-order valence-corrected chi connectivity index (χ2v) is 12.0. The molecular weight excluding hydrogens is 300 g/mol. The Morgan fingerprint density at radius 2 is 1.61 bits per heavy atom. The molecule has 1 heterocycles. The largest absolute Gasteiger partial charge is 0.390 e. The van der Waals surface area contributed by atoms with Gasteiger partial charge in [0.15, 0.2) is 0 Å². The maximum absolute atomic E-state index is 11.0. The summed E-state index contributed by atoms with van der Waals surface area (Å²) in [7, 11) is 0. The average molecular weight is 335 g/mol. The Hall–Kier alpha value is 0.310. The molecule has 1 saturated heterocycles. The zero-order chi connectivity index (χ0) is 16.1. The maximum Gasteiger partial charge on any atom is 0.0675 e. The van der Waals surface area contributed by atoms with E-state index in [4.69, 9.17) is 0 Å². The second kappa shape index (κ2) is 4.53. The molecule has 5 rings (SSSR count). The Kier molecular flexibility index (Phi) is 3.06. The zero-order valence-electron chi connectivity index (χ0n) is 15.2. The summed E-state index contributed by atoms with van der Waals surface area (Å²) in [4.78, 5) is 0. The molecule has 4 aliphatic carbocycles. The highest BCUT2D eigenvalue weighted by molar-refractivity contribution is 8.07. The minimum absolute atomic E-state index is 0.194. The molecule has 1 spiro atoms. The third kappa shape index (κ3) is 1.92. The molecule has 1 nitrogen and oxygen atoms in total. The van der Waals surface area contributed by atoms with Crippen LogP contribution in [0.2, 0.25) is 0 Å². The van der Waals surface area contributed by atoms with E-state index in [1.165, 1.54) is 57.1 Å². The van der Waals surface area contributed by atoms with Crippen molar-refractivity contribution in [2.45, 2.75) is 88.9 Å². The molecule has 0 amide bonds. The first kappa shape index (κ1) is 15.6. The Balaban J connectivity index is 1.45. The Morgan fingerprint density at radius 3 is 2.35 bits per heavy atom. The summed E-state index contributed by atoms with van der Waals surface area (Å²) in [6.45, 7) is 7.23. The molecule has 0 aromatic heterocycles. The summed E-state index contributed by atoms with van der Waals surface area (Å²) in [5.74, 6) is 5.11. The molecule has 2 heteroatoms. The van der Waals surface area contributed by atoms with Crippen molar-refractivity contribution in [1.82, 2.24) is 0 Å². The highest BCUT2D eigenvalue weighted by Gasteiger charge is 2.64. The minimum Gasteiger partial charge on any atom is -0.390 e. The van der Waals surface area contributed by atoms with Gasteiger partial charge in [-0.2, -0.15) is 11.8 Å². The van der Waals surface area contributed by atoms with Crippen molar-refractivity contribution in [3.8, 4) is 0 Å². The summed E-state index contributed by atoms with van der Waals surface area (Å²) in [6.07, 6.45) is 12.4. The molecule has 0 bridgehead atoms. The van der Waals surface area contributed by atoms with Gasteiger partial charge < -0.3 is 5.11 Å². The molecule has 0 unspecified atom stereocenters. The summed E-state index contributed by atoms with van der Waals surface area (Å²) < 4.78 is 0.733. The van der Waals surface area contributed by atoms with Crippen LogP contribution < -0.4 is 0 Å². The van der Waals surface area contributed by atoms with Crippen LogP contribution in [0.3, 0.4) is 0 Å². The van der Waals surface area contributed by atoms with Crippen LogP contribution in [-0.4, -0.2) is 21.2 Å². The van der Waals surface area contributed by atoms with Crippen molar-refractivity contribution in [2.24, 2.45) is 34.5 Å². The fourth-order valence-corrected chi connectivity index (χ4v) is 8.95. The SMILES string of the molecule is C[C@]12CC[C@@]3(CS3)C[C@@H]1CC[C@@H]1[C@H]3CC[C@](C)(O)[C@@]3(C)CC[C@@H]12. The molecule has 130 valence electrons. The lowest BCUT2D eigenvalue weighted by molar-refractivity contribution is -0.146. The highest BCUT2D eigenvalue weighted by atomic mass is 32.2. The topological polar surface area (TPSA) is 20.2 Å². The van der Waals surface area contributed by atoms with Crippen molar-refractivity contribution < 1.29 is 5.11 Å². The van der Waals surface area contributed by atoms with Crippen LogP contribution in [0.15, 0.2) is 0 Å². The number of fused-ring (bicyclic) bond motifs is 5. The first-order valence-electron chi connectivity index (χ1n) is 10.2. The fourth-order valence-electron chi connectivity index (χ4n) is 7.92. The van der Waals surface area contributed by atoms with Gasteiger partial charge in [0.2, 0.25) is 0 Å². The standard InChI is InChI=1S/C21H34OS/c1-18-10-11-21(13-23-21)12-14(18)4-5-15-16(18)6-8-19(2)17(15)7-9-20(19,3)22/h14-17,22H,4-13H2,1-3H3/t14-,15-,16-,17+,18-,19-,20-,21-/m0/s1. The van der Waals surface area contributed by atoms with E-state index < -0.39 is 5.60 Å². The van der Waals surface area contributed by atoms with E-state index in [2.05, 4.69) is 32.5 Å². The van der Waals surface area contributed by atoms with E-state index in [9.17, 15) is 5.11 Å². The van der Waals surface area contributed by atoms with Crippen molar-refractivity contribution in [3.63, 3.8) is 0 Å². The molecule has 5 fully saturated rings. The molecule has 8 atom stereocenters. The second-order valence-electron chi connectivity index (χ2n) is 10.6. The number of aliphatic hydroxyl groups is 1. The average Bonchev–Trinajstić information content (AvgIpc) is 3.21. The normalized spacial score (nSPS) is 64.2. The molecule has 5 aliphatic rings. The first-order chi connectivity index (χ1) is 10.8. The molecule has 1 aliphatic heterocycles. The fraction of sp³-hybridized carbons (Fsp3) is 1.00. The maximum atomic E-state index is 11.0. The van der Waals surface area contributed by atoms with E-state index in [0.717, 1.165) is 34.8 Å². The number of rotatable bonds is 0. The lowest BCUT2D eigenvalue weighted by atomic mass is 9.44. The predicted octanol–water partition coefficient (Wildman–Crippen LogP) is 5.27. The van der Waals surface area contributed by atoms with Crippen LogP contribution in [0, 0.1) is 34.5 Å². The quantitative estimate of drug-likeness (QED) is 0.609. The molecule has 0 aromatic carbocycles. The lowest BCUT2D eigenvalue weighted by Crippen LogP contribution is -2.56. The third-order valence-electron chi connectivity index (χ3n) is 9.92. The summed E-state index contributed by atoms with van der Waals surface area (Å²) >= 11 is 2.26. The Labute approximate surface area is 146 Å². The van der Waals surface area contributed by atoms with Crippen LogP contribution >= 0.6 is 11.8 Å². The van der Waals surface area contributed by atoms with Gasteiger partial charge in [0.25, 0.3) is 0 Å².